The standard InChI is InChI=1S/C19H40NO3P/c1-3-5-7-9-14-18-22-24(21,20-16-12-11-13-17-20)23-19-15-10-8-6-4-2/h3-19H2,1-2H3. The van der Waals surface area contributed by atoms with E-state index in [1.807, 2.05) is 4.67 Å². The van der Waals surface area contributed by atoms with E-state index in [9.17, 15) is 4.57 Å². The third-order valence-electron chi connectivity index (χ3n) is 4.68. The van der Waals surface area contributed by atoms with Crippen LogP contribution in [0.3, 0.4) is 0 Å². The second-order valence-electron chi connectivity index (χ2n) is 6.98. The minimum absolute atomic E-state index is 0.563. The van der Waals surface area contributed by atoms with E-state index < -0.39 is 7.75 Å². The van der Waals surface area contributed by atoms with E-state index in [0.29, 0.717) is 13.2 Å². The van der Waals surface area contributed by atoms with E-state index in [-0.39, 0.29) is 0 Å². The predicted octanol–water partition coefficient (Wildman–Crippen LogP) is 6.55. The average Bonchev–Trinajstić information content (AvgIpc) is 2.62. The Labute approximate surface area is 150 Å². The molecule has 0 radical (unpaired) electrons. The van der Waals surface area contributed by atoms with Crippen LogP contribution in [0.25, 0.3) is 0 Å². The molecular weight excluding hydrogens is 321 g/mol. The van der Waals surface area contributed by atoms with Gasteiger partial charge in [-0.05, 0) is 25.7 Å². The minimum Gasteiger partial charge on any atom is -0.297 e. The van der Waals surface area contributed by atoms with Crippen molar-refractivity contribution in [3.05, 3.63) is 0 Å². The molecule has 24 heavy (non-hydrogen) atoms. The summed E-state index contributed by atoms with van der Waals surface area (Å²) in [6.07, 6.45) is 15.2. The van der Waals surface area contributed by atoms with Crippen LogP contribution in [-0.4, -0.2) is 31.0 Å². The average molecular weight is 362 g/mol. The third kappa shape index (κ3) is 9.56. The lowest BCUT2D eigenvalue weighted by atomic mass is 10.2. The van der Waals surface area contributed by atoms with Gasteiger partial charge in [-0.3, -0.25) is 9.05 Å². The Hall–Kier alpha value is 0.110. The predicted molar refractivity (Wildman–Crippen MR) is 102 cm³/mol. The fourth-order valence-electron chi connectivity index (χ4n) is 3.09. The first kappa shape index (κ1) is 22.2. The van der Waals surface area contributed by atoms with Gasteiger partial charge in [0.15, 0.2) is 0 Å². The van der Waals surface area contributed by atoms with Gasteiger partial charge in [0.2, 0.25) is 0 Å². The molecule has 0 aliphatic carbocycles. The molecule has 5 heteroatoms. The molecule has 0 aromatic heterocycles. The highest BCUT2D eigenvalue weighted by molar-refractivity contribution is 7.51. The van der Waals surface area contributed by atoms with Gasteiger partial charge in [0.25, 0.3) is 0 Å². The van der Waals surface area contributed by atoms with Crippen molar-refractivity contribution >= 4 is 7.75 Å². The van der Waals surface area contributed by atoms with Crippen LogP contribution in [0.15, 0.2) is 0 Å². The highest BCUT2D eigenvalue weighted by atomic mass is 31.2. The van der Waals surface area contributed by atoms with Crippen LogP contribution in [0.4, 0.5) is 0 Å². The molecule has 0 amide bonds. The van der Waals surface area contributed by atoms with Gasteiger partial charge < -0.3 is 0 Å². The summed E-state index contributed by atoms with van der Waals surface area (Å²) in [4.78, 5) is 0. The molecule has 4 nitrogen and oxygen atoms in total. The van der Waals surface area contributed by atoms with Gasteiger partial charge in [-0.2, -0.15) is 0 Å². The Bertz CT molecular complexity index is 313. The lowest BCUT2D eigenvalue weighted by molar-refractivity contribution is 0.143. The van der Waals surface area contributed by atoms with Crippen LogP contribution in [0, 0.1) is 0 Å². The van der Waals surface area contributed by atoms with E-state index in [2.05, 4.69) is 13.8 Å². The first-order chi connectivity index (χ1) is 11.7. The van der Waals surface area contributed by atoms with Crippen LogP contribution < -0.4 is 0 Å². The zero-order chi connectivity index (χ0) is 17.5. The van der Waals surface area contributed by atoms with Crippen LogP contribution in [0.5, 0.6) is 0 Å². The van der Waals surface area contributed by atoms with Crippen molar-refractivity contribution in [3.8, 4) is 0 Å². The molecule has 0 bridgehead atoms. The molecule has 0 aromatic carbocycles. The molecule has 144 valence electrons. The quantitative estimate of drug-likeness (QED) is 0.245. The molecule has 0 unspecified atom stereocenters. The molecule has 1 fully saturated rings. The number of piperidine rings is 1. The van der Waals surface area contributed by atoms with Crippen LogP contribution >= 0.6 is 7.75 Å². The molecule has 1 aliphatic rings. The van der Waals surface area contributed by atoms with Crippen molar-refractivity contribution in [2.24, 2.45) is 0 Å². The minimum atomic E-state index is -3.07. The highest BCUT2D eigenvalue weighted by Gasteiger charge is 2.34. The van der Waals surface area contributed by atoms with Gasteiger partial charge in [0.1, 0.15) is 0 Å². The monoisotopic (exact) mass is 361 g/mol. The van der Waals surface area contributed by atoms with Gasteiger partial charge in [-0.15, -0.1) is 0 Å². The Morgan fingerprint density at radius 1 is 0.708 bits per heavy atom. The Balaban J connectivity index is 2.33. The van der Waals surface area contributed by atoms with E-state index in [1.165, 1.54) is 44.9 Å². The molecule has 1 heterocycles. The van der Waals surface area contributed by atoms with E-state index >= 15 is 0 Å². The van der Waals surface area contributed by atoms with Gasteiger partial charge in [0, 0.05) is 13.1 Å². The van der Waals surface area contributed by atoms with Crippen molar-refractivity contribution in [2.75, 3.05) is 26.3 Å². The Kier molecular flexibility index (Phi) is 13.2. The zero-order valence-corrected chi connectivity index (χ0v) is 17.0. The van der Waals surface area contributed by atoms with E-state index in [0.717, 1.165) is 51.6 Å². The van der Waals surface area contributed by atoms with Crippen LogP contribution in [0.2, 0.25) is 0 Å². The van der Waals surface area contributed by atoms with Gasteiger partial charge in [-0.1, -0.05) is 71.6 Å². The second kappa shape index (κ2) is 14.3. The van der Waals surface area contributed by atoms with Gasteiger partial charge in [-0.25, -0.2) is 9.24 Å². The number of unbranched alkanes of at least 4 members (excludes halogenated alkanes) is 8. The molecule has 0 N–H and O–H groups in total. The second-order valence-corrected chi connectivity index (χ2v) is 9.00. The molecule has 0 aromatic rings. The van der Waals surface area contributed by atoms with E-state index in [4.69, 9.17) is 9.05 Å². The van der Waals surface area contributed by atoms with Gasteiger partial charge in [0.05, 0.1) is 13.2 Å². The van der Waals surface area contributed by atoms with Crippen LogP contribution in [-0.2, 0) is 13.6 Å². The number of nitrogens with zero attached hydrogens (tertiary/aromatic N) is 1. The lowest BCUT2D eigenvalue weighted by Crippen LogP contribution is -2.29. The Morgan fingerprint density at radius 3 is 1.62 bits per heavy atom. The van der Waals surface area contributed by atoms with Gasteiger partial charge >= 0.3 is 7.75 Å². The summed E-state index contributed by atoms with van der Waals surface area (Å²) in [5.74, 6) is 0. The first-order valence-corrected chi connectivity index (χ1v) is 11.9. The molecule has 0 saturated carbocycles. The molecule has 0 atom stereocenters. The lowest BCUT2D eigenvalue weighted by Gasteiger charge is -2.32. The summed E-state index contributed by atoms with van der Waals surface area (Å²) in [5, 5.41) is 0. The summed E-state index contributed by atoms with van der Waals surface area (Å²) in [6, 6.07) is 0. The van der Waals surface area contributed by atoms with Crippen molar-refractivity contribution in [2.45, 2.75) is 97.3 Å². The SMILES string of the molecule is CCCCCCCOP(=O)(OCCCCCCC)N1CCCCC1. The molecule has 1 rings (SSSR count). The topological polar surface area (TPSA) is 38.8 Å². The third-order valence-corrected chi connectivity index (χ3v) is 6.79. The molecule has 1 saturated heterocycles. The normalized spacial score (nSPS) is 16.6. The van der Waals surface area contributed by atoms with Crippen LogP contribution in [0.1, 0.15) is 97.3 Å². The first-order valence-electron chi connectivity index (χ1n) is 10.4. The Morgan fingerprint density at radius 2 is 1.17 bits per heavy atom. The molecule has 0 spiro atoms. The summed E-state index contributed by atoms with van der Waals surface area (Å²) in [6.45, 7) is 7.26. The summed E-state index contributed by atoms with van der Waals surface area (Å²) in [7, 11) is -3.07. The highest BCUT2D eigenvalue weighted by Crippen LogP contribution is 2.53. The maximum absolute atomic E-state index is 13.2. The summed E-state index contributed by atoms with van der Waals surface area (Å²) < 4.78 is 26.9. The largest absolute Gasteiger partial charge is 0.408 e. The number of hydrogen-bond acceptors (Lipinski definition) is 3. The summed E-state index contributed by atoms with van der Waals surface area (Å²) in [5.41, 5.74) is 0. The van der Waals surface area contributed by atoms with Crippen molar-refractivity contribution in [1.29, 1.82) is 0 Å². The summed E-state index contributed by atoms with van der Waals surface area (Å²) >= 11 is 0. The smallest absolute Gasteiger partial charge is 0.297 e. The zero-order valence-electron chi connectivity index (χ0n) is 16.1. The van der Waals surface area contributed by atoms with E-state index in [1.54, 1.807) is 0 Å². The fraction of sp³-hybridized carbons (Fsp3) is 1.00. The van der Waals surface area contributed by atoms with Crippen molar-refractivity contribution in [3.63, 3.8) is 0 Å². The van der Waals surface area contributed by atoms with Crippen molar-refractivity contribution < 1.29 is 13.6 Å². The number of rotatable bonds is 15. The maximum Gasteiger partial charge on any atom is 0.408 e. The van der Waals surface area contributed by atoms with Crippen molar-refractivity contribution in [1.82, 2.24) is 4.67 Å². The number of hydrogen-bond donors (Lipinski definition) is 0. The fourth-order valence-corrected chi connectivity index (χ4v) is 4.99. The maximum atomic E-state index is 13.2. The molecular formula is C19H40NO3P. The molecule has 1 aliphatic heterocycles.